The van der Waals surface area contributed by atoms with E-state index in [-0.39, 0.29) is 17.6 Å². The summed E-state index contributed by atoms with van der Waals surface area (Å²) in [6.45, 7) is 5.36. The lowest BCUT2D eigenvalue weighted by Gasteiger charge is -2.16. The van der Waals surface area contributed by atoms with Gasteiger partial charge in [-0.25, -0.2) is 0 Å². The molecule has 0 aromatic heterocycles. The van der Waals surface area contributed by atoms with Gasteiger partial charge in [0.25, 0.3) is 5.91 Å². The van der Waals surface area contributed by atoms with Gasteiger partial charge >= 0.3 is 0 Å². The molecule has 0 radical (unpaired) electrons. The topological polar surface area (TPSA) is 58.6 Å². The summed E-state index contributed by atoms with van der Waals surface area (Å²) in [5.74, 6) is -0.0171. The number of carbonyl (C=O) groups excluding carboxylic acids is 2. The van der Waals surface area contributed by atoms with Crippen molar-refractivity contribution < 1.29 is 14.3 Å². The van der Waals surface area contributed by atoms with Gasteiger partial charge in [0.15, 0.2) is 5.76 Å². The van der Waals surface area contributed by atoms with Crippen molar-refractivity contribution in [3.05, 3.63) is 47.7 Å². The van der Waals surface area contributed by atoms with Crippen molar-refractivity contribution in [2.75, 3.05) is 13.7 Å². The number of benzene rings is 1. The lowest BCUT2D eigenvalue weighted by atomic mass is 10.1. The molecule has 1 aromatic carbocycles. The standard InChI is InChI=1S/C16H20N2O3/c1-12(21-2)16(20)17-10-13-5-3-6-14(9-13)11-18-8-4-7-15(18)19/h3,5-6,9H,1,4,7-8,10-11H2,2H3,(H,17,20). The van der Waals surface area contributed by atoms with Gasteiger partial charge < -0.3 is 15.0 Å². The maximum Gasteiger partial charge on any atom is 0.285 e. The molecule has 2 rings (SSSR count). The zero-order chi connectivity index (χ0) is 15.2. The Balaban J connectivity index is 1.93. The lowest BCUT2D eigenvalue weighted by Crippen LogP contribution is -2.25. The Labute approximate surface area is 124 Å². The van der Waals surface area contributed by atoms with E-state index in [9.17, 15) is 9.59 Å². The fourth-order valence-electron chi connectivity index (χ4n) is 2.30. The highest BCUT2D eigenvalue weighted by molar-refractivity contribution is 5.90. The number of likely N-dealkylation sites (tertiary alicyclic amines) is 1. The van der Waals surface area contributed by atoms with Gasteiger partial charge in [0, 0.05) is 26.1 Å². The first-order chi connectivity index (χ1) is 10.1. The molecule has 112 valence electrons. The Morgan fingerprint density at radius 2 is 2.19 bits per heavy atom. The van der Waals surface area contributed by atoms with Crippen molar-refractivity contribution in [2.45, 2.75) is 25.9 Å². The minimum absolute atomic E-state index is 0.0915. The molecule has 0 spiro atoms. The average Bonchev–Trinajstić information content (AvgIpc) is 2.89. The second-order valence-corrected chi connectivity index (χ2v) is 5.05. The molecular weight excluding hydrogens is 268 g/mol. The number of amides is 2. The summed E-state index contributed by atoms with van der Waals surface area (Å²) >= 11 is 0. The minimum Gasteiger partial charge on any atom is -0.492 e. The number of methoxy groups -OCH3 is 1. The summed E-state index contributed by atoms with van der Waals surface area (Å²) in [7, 11) is 1.41. The highest BCUT2D eigenvalue weighted by Gasteiger charge is 2.19. The Morgan fingerprint density at radius 3 is 2.86 bits per heavy atom. The summed E-state index contributed by atoms with van der Waals surface area (Å²) in [6.07, 6.45) is 1.59. The van der Waals surface area contributed by atoms with E-state index in [1.807, 2.05) is 29.2 Å². The van der Waals surface area contributed by atoms with E-state index < -0.39 is 0 Å². The zero-order valence-corrected chi connectivity index (χ0v) is 12.2. The van der Waals surface area contributed by atoms with E-state index in [4.69, 9.17) is 4.74 Å². The highest BCUT2D eigenvalue weighted by Crippen LogP contribution is 2.15. The van der Waals surface area contributed by atoms with Crippen molar-refractivity contribution in [1.29, 1.82) is 0 Å². The third-order valence-corrected chi connectivity index (χ3v) is 3.49. The van der Waals surface area contributed by atoms with Gasteiger partial charge in [0.1, 0.15) is 0 Å². The molecule has 0 atom stereocenters. The molecule has 1 saturated heterocycles. The summed E-state index contributed by atoms with van der Waals surface area (Å²) in [5.41, 5.74) is 2.05. The number of carbonyl (C=O) groups is 2. The van der Waals surface area contributed by atoms with Crippen molar-refractivity contribution in [3.8, 4) is 0 Å². The number of rotatable bonds is 6. The first-order valence-electron chi connectivity index (χ1n) is 6.97. The second-order valence-electron chi connectivity index (χ2n) is 5.05. The molecule has 0 aliphatic carbocycles. The first-order valence-corrected chi connectivity index (χ1v) is 6.97. The van der Waals surface area contributed by atoms with E-state index in [1.54, 1.807) is 0 Å². The molecule has 1 aliphatic rings. The van der Waals surface area contributed by atoms with Crippen LogP contribution in [-0.2, 0) is 27.4 Å². The molecule has 0 saturated carbocycles. The van der Waals surface area contributed by atoms with Crippen LogP contribution >= 0.6 is 0 Å². The number of hydrogen-bond acceptors (Lipinski definition) is 3. The highest BCUT2D eigenvalue weighted by atomic mass is 16.5. The zero-order valence-electron chi connectivity index (χ0n) is 12.2. The molecule has 1 heterocycles. The van der Waals surface area contributed by atoms with Gasteiger partial charge in [0.2, 0.25) is 5.91 Å². The number of ether oxygens (including phenoxy) is 1. The molecule has 5 heteroatoms. The third kappa shape index (κ3) is 4.08. The predicted molar refractivity (Wildman–Crippen MR) is 79.1 cm³/mol. The SMILES string of the molecule is C=C(OC)C(=O)NCc1cccc(CN2CCCC2=O)c1. The monoisotopic (exact) mass is 288 g/mol. The van der Waals surface area contributed by atoms with Crippen LogP contribution in [0, 0.1) is 0 Å². The van der Waals surface area contributed by atoms with E-state index in [1.165, 1.54) is 7.11 Å². The molecule has 2 amide bonds. The Morgan fingerprint density at radius 1 is 1.43 bits per heavy atom. The van der Waals surface area contributed by atoms with E-state index >= 15 is 0 Å². The molecule has 0 bridgehead atoms. The predicted octanol–water partition coefficient (Wildman–Crippen LogP) is 1.59. The molecule has 1 aliphatic heterocycles. The van der Waals surface area contributed by atoms with Gasteiger partial charge in [-0.15, -0.1) is 0 Å². The third-order valence-electron chi connectivity index (χ3n) is 3.49. The van der Waals surface area contributed by atoms with Crippen molar-refractivity contribution in [1.82, 2.24) is 10.2 Å². The van der Waals surface area contributed by atoms with Gasteiger partial charge in [-0.3, -0.25) is 9.59 Å². The van der Waals surface area contributed by atoms with Crippen LogP contribution in [0.2, 0.25) is 0 Å². The largest absolute Gasteiger partial charge is 0.492 e. The first kappa shape index (κ1) is 15.1. The van der Waals surface area contributed by atoms with Crippen LogP contribution in [0.25, 0.3) is 0 Å². The number of nitrogens with one attached hydrogen (secondary N) is 1. The van der Waals surface area contributed by atoms with E-state index in [0.29, 0.717) is 19.5 Å². The van der Waals surface area contributed by atoms with Crippen LogP contribution in [0.3, 0.4) is 0 Å². The smallest absolute Gasteiger partial charge is 0.285 e. The molecule has 0 unspecified atom stereocenters. The second kappa shape index (κ2) is 6.92. The maximum absolute atomic E-state index is 11.6. The van der Waals surface area contributed by atoms with Crippen LogP contribution < -0.4 is 5.32 Å². The van der Waals surface area contributed by atoms with E-state index in [2.05, 4.69) is 11.9 Å². The number of hydrogen-bond donors (Lipinski definition) is 1. The Kier molecular flexibility index (Phi) is 4.98. The molecule has 1 N–H and O–H groups in total. The quantitative estimate of drug-likeness (QED) is 0.639. The van der Waals surface area contributed by atoms with Crippen LogP contribution in [0.15, 0.2) is 36.6 Å². The summed E-state index contributed by atoms with van der Waals surface area (Å²) in [6, 6.07) is 7.86. The number of nitrogens with zero attached hydrogens (tertiary/aromatic N) is 1. The van der Waals surface area contributed by atoms with Crippen molar-refractivity contribution >= 4 is 11.8 Å². The van der Waals surface area contributed by atoms with Crippen LogP contribution in [0.4, 0.5) is 0 Å². The van der Waals surface area contributed by atoms with E-state index in [0.717, 1.165) is 24.1 Å². The summed E-state index contributed by atoms with van der Waals surface area (Å²) in [4.78, 5) is 25.1. The van der Waals surface area contributed by atoms with Gasteiger partial charge in [0.05, 0.1) is 7.11 Å². The van der Waals surface area contributed by atoms with Gasteiger partial charge in [-0.2, -0.15) is 0 Å². The van der Waals surface area contributed by atoms with Crippen molar-refractivity contribution in [3.63, 3.8) is 0 Å². The summed E-state index contributed by atoms with van der Waals surface area (Å²) in [5, 5.41) is 2.74. The maximum atomic E-state index is 11.6. The Hall–Kier alpha value is -2.30. The molecule has 5 nitrogen and oxygen atoms in total. The lowest BCUT2D eigenvalue weighted by molar-refractivity contribution is -0.128. The Bertz CT molecular complexity index is 554. The van der Waals surface area contributed by atoms with Crippen molar-refractivity contribution in [2.24, 2.45) is 0 Å². The molecule has 1 fully saturated rings. The summed E-state index contributed by atoms with van der Waals surface area (Å²) < 4.78 is 4.77. The average molecular weight is 288 g/mol. The molecule has 21 heavy (non-hydrogen) atoms. The minimum atomic E-state index is -0.322. The van der Waals surface area contributed by atoms with Crippen LogP contribution in [0.5, 0.6) is 0 Å². The van der Waals surface area contributed by atoms with Crippen LogP contribution in [-0.4, -0.2) is 30.4 Å². The fraction of sp³-hybridized carbons (Fsp3) is 0.375. The molecular formula is C16H20N2O3. The van der Waals surface area contributed by atoms with Gasteiger partial charge in [-0.05, 0) is 17.5 Å². The van der Waals surface area contributed by atoms with Crippen LogP contribution in [0.1, 0.15) is 24.0 Å². The normalized spacial score (nSPS) is 14.1. The molecule has 1 aromatic rings. The van der Waals surface area contributed by atoms with Gasteiger partial charge in [-0.1, -0.05) is 30.8 Å². The fourth-order valence-corrected chi connectivity index (χ4v) is 2.30.